The second-order valence-electron chi connectivity index (χ2n) is 6.01. The van der Waals surface area contributed by atoms with Gasteiger partial charge in [-0.1, -0.05) is 47.8 Å². The summed E-state index contributed by atoms with van der Waals surface area (Å²) in [5, 5.41) is 4.13. The summed E-state index contributed by atoms with van der Waals surface area (Å²) in [5.41, 5.74) is 3.49. The molecule has 5 nitrogen and oxygen atoms in total. The molecule has 4 rings (SSSR count). The zero-order valence-corrected chi connectivity index (χ0v) is 12.4. The molecule has 1 N–H and O–H groups in total. The summed E-state index contributed by atoms with van der Waals surface area (Å²) in [7, 11) is 0. The first kappa shape index (κ1) is 13.2. The van der Waals surface area contributed by atoms with E-state index in [-0.39, 0.29) is 11.1 Å². The number of aromatic nitrogens is 3. The molecule has 1 fully saturated rings. The zero-order valence-electron chi connectivity index (χ0n) is 12.4. The van der Waals surface area contributed by atoms with Crippen molar-refractivity contribution >= 4 is 11.1 Å². The molecule has 1 aromatic carbocycles. The van der Waals surface area contributed by atoms with E-state index in [0.717, 1.165) is 24.1 Å². The molecule has 5 heteroatoms. The van der Waals surface area contributed by atoms with Crippen molar-refractivity contribution in [1.29, 1.82) is 0 Å². The Hall–Kier alpha value is -2.43. The number of nitrogens with one attached hydrogen (secondary N) is 1. The van der Waals surface area contributed by atoms with Crippen LogP contribution in [-0.2, 0) is 0 Å². The van der Waals surface area contributed by atoms with Crippen molar-refractivity contribution in [3.8, 4) is 11.4 Å². The molecule has 0 aliphatic heterocycles. The molecule has 0 radical (unpaired) electrons. The van der Waals surface area contributed by atoms with Crippen molar-refractivity contribution in [3.05, 3.63) is 45.9 Å². The standard InChI is InChI=1S/C17H17N3O2/c1-10-6-8-12(9-7-10)16-18-14-13(11-4-2-3-5-11)20-22-15(14)17(21)19-16/h6-9,11H,2-5H2,1H3,(H,18,19,21). The van der Waals surface area contributed by atoms with Crippen LogP contribution >= 0.6 is 0 Å². The molecular formula is C17H17N3O2. The minimum atomic E-state index is -0.266. The highest BCUT2D eigenvalue weighted by atomic mass is 16.5. The predicted octanol–water partition coefficient (Wildman–Crippen LogP) is 3.54. The highest BCUT2D eigenvalue weighted by Gasteiger charge is 2.25. The highest BCUT2D eigenvalue weighted by Crippen LogP contribution is 2.36. The molecule has 22 heavy (non-hydrogen) atoms. The van der Waals surface area contributed by atoms with Crippen molar-refractivity contribution in [1.82, 2.24) is 15.1 Å². The molecule has 0 spiro atoms. The fourth-order valence-corrected chi connectivity index (χ4v) is 3.17. The number of rotatable bonds is 2. The first-order valence-corrected chi connectivity index (χ1v) is 7.69. The molecule has 0 bridgehead atoms. The molecule has 3 aromatic rings. The topological polar surface area (TPSA) is 71.8 Å². The van der Waals surface area contributed by atoms with E-state index in [0.29, 0.717) is 17.3 Å². The summed E-state index contributed by atoms with van der Waals surface area (Å²) >= 11 is 0. The third kappa shape index (κ3) is 2.13. The largest absolute Gasteiger partial charge is 0.348 e. The Morgan fingerprint density at radius 3 is 2.64 bits per heavy atom. The van der Waals surface area contributed by atoms with E-state index in [1.807, 2.05) is 31.2 Å². The van der Waals surface area contributed by atoms with Crippen LogP contribution in [0.25, 0.3) is 22.5 Å². The summed E-state index contributed by atoms with van der Waals surface area (Å²) in [6, 6.07) is 7.93. The first-order valence-electron chi connectivity index (χ1n) is 7.69. The molecule has 0 atom stereocenters. The van der Waals surface area contributed by atoms with E-state index in [1.165, 1.54) is 18.4 Å². The molecule has 0 amide bonds. The maximum atomic E-state index is 12.2. The van der Waals surface area contributed by atoms with Crippen LogP contribution < -0.4 is 5.56 Å². The maximum absolute atomic E-state index is 12.2. The average Bonchev–Trinajstić information content (AvgIpc) is 3.16. The number of fused-ring (bicyclic) bond motifs is 1. The Morgan fingerprint density at radius 2 is 1.91 bits per heavy atom. The van der Waals surface area contributed by atoms with Crippen LogP contribution in [0.5, 0.6) is 0 Å². The Morgan fingerprint density at radius 1 is 1.18 bits per heavy atom. The molecule has 0 unspecified atom stereocenters. The maximum Gasteiger partial charge on any atom is 0.297 e. The lowest BCUT2D eigenvalue weighted by molar-refractivity contribution is 0.434. The number of nitrogens with zero attached hydrogens (tertiary/aromatic N) is 2. The Labute approximate surface area is 127 Å². The summed E-state index contributed by atoms with van der Waals surface area (Å²) in [4.78, 5) is 19.7. The SMILES string of the molecule is Cc1ccc(-c2nc3c(C4CCCC4)noc3c(=O)[nH]2)cc1. The lowest BCUT2D eigenvalue weighted by Crippen LogP contribution is -2.09. The van der Waals surface area contributed by atoms with Gasteiger partial charge < -0.3 is 9.51 Å². The highest BCUT2D eigenvalue weighted by molar-refractivity contribution is 5.76. The molecule has 1 aliphatic rings. The summed E-state index contributed by atoms with van der Waals surface area (Å²) in [5.74, 6) is 0.932. The van der Waals surface area contributed by atoms with Crippen molar-refractivity contribution in [2.24, 2.45) is 0 Å². The quantitative estimate of drug-likeness (QED) is 0.785. The van der Waals surface area contributed by atoms with Crippen molar-refractivity contribution < 1.29 is 4.52 Å². The van der Waals surface area contributed by atoms with Gasteiger partial charge in [-0.3, -0.25) is 4.79 Å². The third-order valence-electron chi connectivity index (χ3n) is 4.42. The van der Waals surface area contributed by atoms with Gasteiger partial charge in [-0.25, -0.2) is 4.98 Å². The van der Waals surface area contributed by atoms with E-state index in [2.05, 4.69) is 15.1 Å². The molecule has 0 saturated heterocycles. The van der Waals surface area contributed by atoms with Gasteiger partial charge in [0.25, 0.3) is 5.56 Å². The number of aryl methyl sites for hydroxylation is 1. The Balaban J connectivity index is 1.88. The number of hydrogen-bond donors (Lipinski definition) is 1. The Bertz CT molecular complexity index is 871. The van der Waals surface area contributed by atoms with E-state index >= 15 is 0 Å². The minimum Gasteiger partial charge on any atom is -0.348 e. The normalized spacial score (nSPS) is 15.7. The van der Waals surface area contributed by atoms with Gasteiger partial charge in [0.1, 0.15) is 17.0 Å². The molecule has 1 saturated carbocycles. The number of H-pyrrole nitrogens is 1. The van der Waals surface area contributed by atoms with Gasteiger partial charge in [0, 0.05) is 11.5 Å². The lowest BCUT2D eigenvalue weighted by atomic mass is 10.0. The number of hydrogen-bond acceptors (Lipinski definition) is 4. The van der Waals surface area contributed by atoms with Crippen LogP contribution in [0.3, 0.4) is 0 Å². The number of aromatic amines is 1. The first-order chi connectivity index (χ1) is 10.7. The van der Waals surface area contributed by atoms with E-state index < -0.39 is 0 Å². The fraction of sp³-hybridized carbons (Fsp3) is 0.353. The Kier molecular flexibility index (Phi) is 3.06. The van der Waals surface area contributed by atoms with Gasteiger partial charge in [0.15, 0.2) is 0 Å². The zero-order chi connectivity index (χ0) is 15.1. The minimum absolute atomic E-state index is 0.234. The second-order valence-corrected chi connectivity index (χ2v) is 6.01. The van der Waals surface area contributed by atoms with Crippen molar-refractivity contribution in [2.45, 2.75) is 38.5 Å². The molecule has 2 heterocycles. The van der Waals surface area contributed by atoms with Gasteiger partial charge in [0.05, 0.1) is 0 Å². The van der Waals surface area contributed by atoms with Crippen LogP contribution in [0.4, 0.5) is 0 Å². The predicted molar refractivity (Wildman–Crippen MR) is 83.8 cm³/mol. The van der Waals surface area contributed by atoms with Gasteiger partial charge in [-0.2, -0.15) is 0 Å². The van der Waals surface area contributed by atoms with Gasteiger partial charge in [-0.05, 0) is 19.8 Å². The average molecular weight is 295 g/mol. The van der Waals surface area contributed by atoms with Gasteiger partial charge in [0.2, 0.25) is 5.58 Å². The molecule has 112 valence electrons. The van der Waals surface area contributed by atoms with E-state index in [9.17, 15) is 4.79 Å². The van der Waals surface area contributed by atoms with Crippen molar-refractivity contribution in [2.75, 3.05) is 0 Å². The van der Waals surface area contributed by atoms with Gasteiger partial charge in [-0.15, -0.1) is 0 Å². The van der Waals surface area contributed by atoms with Crippen LogP contribution in [-0.4, -0.2) is 15.1 Å². The smallest absolute Gasteiger partial charge is 0.297 e. The fourth-order valence-electron chi connectivity index (χ4n) is 3.17. The molecular weight excluding hydrogens is 278 g/mol. The van der Waals surface area contributed by atoms with E-state index in [1.54, 1.807) is 0 Å². The number of benzene rings is 1. The molecule has 2 aromatic heterocycles. The van der Waals surface area contributed by atoms with Crippen LogP contribution in [0, 0.1) is 6.92 Å². The monoisotopic (exact) mass is 295 g/mol. The van der Waals surface area contributed by atoms with Gasteiger partial charge >= 0.3 is 0 Å². The van der Waals surface area contributed by atoms with E-state index in [4.69, 9.17) is 4.52 Å². The van der Waals surface area contributed by atoms with Crippen LogP contribution in [0.1, 0.15) is 42.9 Å². The van der Waals surface area contributed by atoms with Crippen LogP contribution in [0.2, 0.25) is 0 Å². The third-order valence-corrected chi connectivity index (χ3v) is 4.42. The summed E-state index contributed by atoms with van der Waals surface area (Å²) in [6.07, 6.45) is 4.59. The van der Waals surface area contributed by atoms with Crippen molar-refractivity contribution in [3.63, 3.8) is 0 Å². The lowest BCUT2D eigenvalue weighted by Gasteiger charge is -2.05. The second kappa shape index (κ2) is 5.09. The summed E-state index contributed by atoms with van der Waals surface area (Å²) < 4.78 is 5.25. The summed E-state index contributed by atoms with van der Waals surface area (Å²) in [6.45, 7) is 2.03. The van der Waals surface area contributed by atoms with Crippen LogP contribution in [0.15, 0.2) is 33.6 Å². The molecule has 1 aliphatic carbocycles.